The summed E-state index contributed by atoms with van der Waals surface area (Å²) in [5.41, 5.74) is 0.840. The van der Waals surface area contributed by atoms with E-state index in [1.54, 1.807) is 30.3 Å². The number of hydrogen-bond acceptors (Lipinski definition) is 6. The van der Waals surface area contributed by atoms with Gasteiger partial charge in [-0.2, -0.15) is 0 Å². The number of nitrogens with zero attached hydrogens (tertiary/aromatic N) is 1. The first-order valence-corrected chi connectivity index (χ1v) is 9.35. The fourth-order valence-corrected chi connectivity index (χ4v) is 3.91. The number of amides is 1. The average Bonchev–Trinajstić information content (AvgIpc) is 3.15. The van der Waals surface area contributed by atoms with E-state index >= 15 is 0 Å². The van der Waals surface area contributed by atoms with Crippen LogP contribution in [0.25, 0.3) is 17.4 Å². The number of carbonyl (C=O) groups excluding carboxylic acids is 2. The van der Waals surface area contributed by atoms with Crippen LogP contribution in [-0.2, 0) is 9.59 Å². The van der Waals surface area contributed by atoms with Crippen LogP contribution in [0.3, 0.4) is 0 Å². The van der Waals surface area contributed by atoms with Crippen molar-refractivity contribution in [2.24, 2.45) is 0 Å². The molecule has 1 amide bonds. The van der Waals surface area contributed by atoms with Gasteiger partial charge in [0, 0.05) is 29.2 Å². The van der Waals surface area contributed by atoms with Gasteiger partial charge in [0.2, 0.25) is 0 Å². The molecule has 0 atom stereocenters. The average molecular weight is 407 g/mol. The first kappa shape index (κ1) is 18.7. The molecule has 26 heavy (non-hydrogen) atoms. The summed E-state index contributed by atoms with van der Waals surface area (Å²) < 4.78 is 6.17. The predicted octanol–water partition coefficient (Wildman–Crippen LogP) is 3.33. The normalized spacial score (nSPS) is 15.9. The Morgan fingerprint density at radius 1 is 1.35 bits per heavy atom. The maximum atomic E-state index is 12.4. The molecule has 134 valence electrons. The summed E-state index contributed by atoms with van der Waals surface area (Å²) >= 11 is 12.4. The zero-order valence-electron chi connectivity index (χ0n) is 13.4. The minimum absolute atomic E-state index is 0.114. The second-order valence-corrected chi connectivity index (χ2v) is 7.63. The molecule has 1 saturated heterocycles. The maximum Gasteiger partial charge on any atom is 0.266 e. The molecule has 1 fully saturated rings. The number of carboxylic acids is 1. The lowest BCUT2D eigenvalue weighted by molar-refractivity contribution is -0.305. The molecule has 3 rings (SSSR count). The van der Waals surface area contributed by atoms with Gasteiger partial charge in [0.1, 0.15) is 15.8 Å². The minimum Gasteiger partial charge on any atom is -0.550 e. The summed E-state index contributed by atoms with van der Waals surface area (Å²) in [6.07, 6.45) is 1.81. The van der Waals surface area contributed by atoms with Crippen LogP contribution in [0.1, 0.15) is 18.6 Å². The number of carboxylic acid groups (broad SMARTS) is 1. The molecule has 0 spiro atoms. The maximum absolute atomic E-state index is 12.4. The van der Waals surface area contributed by atoms with Gasteiger partial charge in [0.25, 0.3) is 5.91 Å². The Bertz CT molecular complexity index is 906. The van der Waals surface area contributed by atoms with E-state index in [1.165, 1.54) is 16.7 Å². The highest BCUT2D eigenvalue weighted by atomic mass is 35.5. The second-order valence-electron chi connectivity index (χ2n) is 5.52. The van der Waals surface area contributed by atoms with Crippen LogP contribution < -0.4 is 5.11 Å². The van der Waals surface area contributed by atoms with Crippen LogP contribution in [0.15, 0.2) is 45.7 Å². The fraction of sp³-hybridized carbons (Fsp3) is 0.167. The van der Waals surface area contributed by atoms with Gasteiger partial charge in [0.05, 0.1) is 4.91 Å². The van der Waals surface area contributed by atoms with Gasteiger partial charge < -0.3 is 14.3 Å². The van der Waals surface area contributed by atoms with E-state index in [0.29, 0.717) is 32.2 Å². The topological polar surface area (TPSA) is 73.6 Å². The monoisotopic (exact) mass is 406 g/mol. The summed E-state index contributed by atoms with van der Waals surface area (Å²) in [5.74, 6) is -0.229. The number of rotatable bonds is 6. The van der Waals surface area contributed by atoms with E-state index in [2.05, 4.69) is 0 Å². The van der Waals surface area contributed by atoms with Crippen molar-refractivity contribution in [2.45, 2.75) is 12.8 Å². The molecular weight excluding hydrogens is 394 g/mol. The molecule has 0 saturated carbocycles. The Kier molecular flexibility index (Phi) is 5.80. The van der Waals surface area contributed by atoms with Crippen LogP contribution in [-0.4, -0.2) is 27.6 Å². The molecule has 1 aliphatic rings. The Hall–Kier alpha value is -2.09. The molecule has 0 aliphatic carbocycles. The third-order valence-electron chi connectivity index (χ3n) is 3.65. The molecule has 1 aromatic carbocycles. The molecule has 2 aromatic rings. The van der Waals surface area contributed by atoms with E-state index in [9.17, 15) is 14.7 Å². The number of halogens is 1. The van der Waals surface area contributed by atoms with Crippen LogP contribution in [0.4, 0.5) is 0 Å². The first-order chi connectivity index (χ1) is 12.4. The number of benzene rings is 1. The molecule has 0 radical (unpaired) electrons. The zero-order valence-corrected chi connectivity index (χ0v) is 15.8. The quantitative estimate of drug-likeness (QED) is 0.541. The van der Waals surface area contributed by atoms with E-state index in [1.807, 2.05) is 12.1 Å². The highest BCUT2D eigenvalue weighted by molar-refractivity contribution is 8.26. The highest BCUT2D eigenvalue weighted by Crippen LogP contribution is 2.34. The number of furan rings is 1. The molecule has 0 unspecified atom stereocenters. The van der Waals surface area contributed by atoms with Crippen molar-refractivity contribution < 1.29 is 19.1 Å². The third-order valence-corrected chi connectivity index (χ3v) is 5.26. The molecule has 2 heterocycles. The van der Waals surface area contributed by atoms with Crippen LogP contribution in [0, 0.1) is 0 Å². The van der Waals surface area contributed by atoms with Crippen LogP contribution in [0.5, 0.6) is 0 Å². The molecule has 0 bridgehead atoms. The molecular formula is C18H13ClNO4S2-. The van der Waals surface area contributed by atoms with E-state index in [0.717, 1.165) is 5.56 Å². The minimum atomic E-state index is -1.14. The lowest BCUT2D eigenvalue weighted by Gasteiger charge is -2.14. The number of carbonyl (C=O) groups is 2. The SMILES string of the molecule is O=C([O-])CCCN1C(=O)/C(=C/c2ccc(-c3cccc(Cl)c3)o2)SC1=S. The largest absolute Gasteiger partial charge is 0.550 e. The van der Waals surface area contributed by atoms with Gasteiger partial charge in [-0.3, -0.25) is 9.69 Å². The van der Waals surface area contributed by atoms with Crippen molar-refractivity contribution in [3.05, 3.63) is 52.1 Å². The van der Waals surface area contributed by atoms with Gasteiger partial charge in [-0.1, -0.05) is 47.7 Å². The molecule has 1 aliphatic heterocycles. The lowest BCUT2D eigenvalue weighted by atomic mass is 10.2. The Labute approximate surface area is 164 Å². The van der Waals surface area contributed by atoms with E-state index in [-0.39, 0.29) is 18.9 Å². The van der Waals surface area contributed by atoms with Crippen molar-refractivity contribution >= 4 is 57.9 Å². The number of hydrogen-bond donors (Lipinski definition) is 0. The van der Waals surface area contributed by atoms with Crippen molar-refractivity contribution in [1.82, 2.24) is 4.90 Å². The summed E-state index contributed by atoms with van der Waals surface area (Å²) in [5, 5.41) is 11.1. The summed E-state index contributed by atoms with van der Waals surface area (Å²) in [7, 11) is 0. The fourth-order valence-electron chi connectivity index (χ4n) is 2.43. The Balaban J connectivity index is 1.73. The predicted molar refractivity (Wildman–Crippen MR) is 103 cm³/mol. The molecule has 1 aromatic heterocycles. The first-order valence-electron chi connectivity index (χ1n) is 7.75. The van der Waals surface area contributed by atoms with E-state index < -0.39 is 5.97 Å². The summed E-state index contributed by atoms with van der Waals surface area (Å²) in [6.45, 7) is 0.252. The molecule has 0 N–H and O–H groups in total. The number of thioether (sulfide) groups is 1. The summed E-state index contributed by atoms with van der Waals surface area (Å²) in [4.78, 5) is 24.8. The standard InChI is InChI=1S/C18H14ClNO4S2/c19-12-4-1-3-11(9-12)14-7-6-13(24-14)10-15-17(23)20(18(25)26-15)8-2-5-16(21)22/h1,3-4,6-7,9-10H,2,5,8H2,(H,21,22)/p-1/b15-10-. The zero-order chi connectivity index (χ0) is 18.7. The smallest absolute Gasteiger partial charge is 0.266 e. The van der Waals surface area contributed by atoms with Crippen molar-refractivity contribution in [3.63, 3.8) is 0 Å². The van der Waals surface area contributed by atoms with Crippen LogP contribution in [0.2, 0.25) is 5.02 Å². The van der Waals surface area contributed by atoms with Crippen molar-refractivity contribution in [2.75, 3.05) is 6.54 Å². The van der Waals surface area contributed by atoms with Crippen LogP contribution >= 0.6 is 35.6 Å². The number of aliphatic carboxylic acids is 1. The summed E-state index contributed by atoms with van der Waals surface area (Å²) in [6, 6.07) is 10.8. The molecule has 5 nitrogen and oxygen atoms in total. The lowest BCUT2D eigenvalue weighted by Crippen LogP contribution is -2.30. The third kappa shape index (κ3) is 4.35. The van der Waals surface area contributed by atoms with Gasteiger partial charge in [-0.05, 0) is 37.1 Å². The Morgan fingerprint density at radius 2 is 2.15 bits per heavy atom. The Morgan fingerprint density at radius 3 is 2.88 bits per heavy atom. The second kappa shape index (κ2) is 8.07. The van der Waals surface area contributed by atoms with Crippen molar-refractivity contribution in [3.8, 4) is 11.3 Å². The van der Waals surface area contributed by atoms with Crippen molar-refractivity contribution in [1.29, 1.82) is 0 Å². The van der Waals surface area contributed by atoms with E-state index in [4.69, 9.17) is 28.2 Å². The van der Waals surface area contributed by atoms with Gasteiger partial charge in [-0.25, -0.2) is 0 Å². The van der Waals surface area contributed by atoms with Gasteiger partial charge in [-0.15, -0.1) is 0 Å². The number of thiocarbonyl (C=S) groups is 1. The van der Waals surface area contributed by atoms with Gasteiger partial charge >= 0.3 is 0 Å². The molecule has 8 heteroatoms. The van der Waals surface area contributed by atoms with Gasteiger partial charge in [0.15, 0.2) is 0 Å². The highest BCUT2D eigenvalue weighted by Gasteiger charge is 2.31.